The van der Waals surface area contributed by atoms with Crippen molar-refractivity contribution in [2.75, 3.05) is 19.3 Å². The molecule has 1 aromatic carbocycles. The van der Waals surface area contributed by atoms with Crippen molar-refractivity contribution >= 4 is 32.7 Å². The zero-order chi connectivity index (χ0) is 18.6. The van der Waals surface area contributed by atoms with Crippen molar-refractivity contribution in [3.8, 4) is 0 Å². The van der Waals surface area contributed by atoms with Gasteiger partial charge < -0.3 is 14.6 Å². The van der Waals surface area contributed by atoms with Crippen LogP contribution in [0.1, 0.15) is 19.2 Å². The van der Waals surface area contributed by atoms with Crippen LogP contribution in [0.25, 0.3) is 11.0 Å². The summed E-state index contributed by atoms with van der Waals surface area (Å²) in [5, 5.41) is 8.79. The molecule has 1 heterocycles. The predicted molar refractivity (Wildman–Crippen MR) is 92.8 cm³/mol. The number of likely N-dealkylation sites (N-methyl/N-ethyl adjacent to an activating group) is 1. The number of sulfone groups is 1. The summed E-state index contributed by atoms with van der Waals surface area (Å²) in [6.07, 6.45) is 0.976. The first-order valence-electron chi connectivity index (χ1n) is 7.82. The van der Waals surface area contributed by atoms with Crippen molar-refractivity contribution in [2.24, 2.45) is 0 Å². The maximum atomic E-state index is 12.6. The quantitative estimate of drug-likeness (QED) is 0.742. The Hall–Kier alpha value is -2.42. The molecule has 0 saturated heterocycles. The molecule has 0 saturated carbocycles. The van der Waals surface area contributed by atoms with E-state index in [-0.39, 0.29) is 31.2 Å². The summed E-state index contributed by atoms with van der Waals surface area (Å²) in [6.45, 7) is 2.17. The van der Waals surface area contributed by atoms with Gasteiger partial charge in [0.15, 0.2) is 9.84 Å². The molecule has 9 heteroatoms. The van der Waals surface area contributed by atoms with Gasteiger partial charge in [-0.15, -0.1) is 0 Å². The predicted octanol–water partition coefficient (Wildman–Crippen LogP) is 0.904. The molecule has 2 aromatic rings. The first-order valence-corrected chi connectivity index (χ1v) is 9.88. The molecule has 2 rings (SSSR count). The highest BCUT2D eigenvalue weighted by atomic mass is 32.2. The minimum Gasteiger partial charge on any atom is -0.481 e. The number of carboxylic acid groups (broad SMARTS) is 1. The van der Waals surface area contributed by atoms with Crippen molar-refractivity contribution in [3.05, 3.63) is 30.1 Å². The van der Waals surface area contributed by atoms with Crippen LogP contribution in [0.3, 0.4) is 0 Å². The summed E-state index contributed by atoms with van der Waals surface area (Å²) in [5.41, 5.74) is 1.28. The van der Waals surface area contributed by atoms with Gasteiger partial charge in [0, 0.05) is 19.3 Å². The van der Waals surface area contributed by atoms with E-state index >= 15 is 0 Å². The van der Waals surface area contributed by atoms with Crippen LogP contribution in [0.15, 0.2) is 24.3 Å². The summed E-state index contributed by atoms with van der Waals surface area (Å²) in [7, 11) is -3.32. The molecule has 1 N–H and O–H groups in total. The smallest absolute Gasteiger partial charge is 0.305 e. The number of benzene rings is 1. The van der Waals surface area contributed by atoms with Gasteiger partial charge in [-0.3, -0.25) is 9.59 Å². The van der Waals surface area contributed by atoms with Gasteiger partial charge in [0.05, 0.1) is 17.5 Å². The summed E-state index contributed by atoms with van der Waals surface area (Å²) >= 11 is 0. The largest absolute Gasteiger partial charge is 0.481 e. The Balaban J connectivity index is 2.33. The number of aromatic nitrogens is 2. The second kappa shape index (κ2) is 7.64. The highest BCUT2D eigenvalue weighted by molar-refractivity contribution is 7.89. The Morgan fingerprint density at radius 2 is 1.96 bits per heavy atom. The number of hydrogen-bond acceptors (Lipinski definition) is 5. The van der Waals surface area contributed by atoms with E-state index in [2.05, 4.69) is 4.98 Å². The monoisotopic (exact) mass is 367 g/mol. The Morgan fingerprint density at radius 1 is 1.28 bits per heavy atom. The molecular formula is C16H21N3O5S. The molecular weight excluding hydrogens is 346 g/mol. The van der Waals surface area contributed by atoms with Crippen molar-refractivity contribution in [1.29, 1.82) is 0 Å². The minimum absolute atomic E-state index is 0.0845. The Bertz CT molecular complexity index is 888. The average Bonchev–Trinajstić information content (AvgIpc) is 2.83. The molecule has 0 atom stereocenters. The first-order chi connectivity index (χ1) is 11.7. The lowest BCUT2D eigenvalue weighted by Crippen LogP contribution is -2.35. The molecule has 25 heavy (non-hydrogen) atoms. The fourth-order valence-corrected chi connectivity index (χ4v) is 3.26. The lowest BCUT2D eigenvalue weighted by Gasteiger charge is -2.21. The van der Waals surface area contributed by atoms with Crippen molar-refractivity contribution in [1.82, 2.24) is 14.5 Å². The third-order valence-electron chi connectivity index (χ3n) is 3.75. The van der Waals surface area contributed by atoms with Crippen LogP contribution in [-0.2, 0) is 31.7 Å². The van der Waals surface area contributed by atoms with Gasteiger partial charge in [-0.05, 0) is 19.1 Å². The van der Waals surface area contributed by atoms with Gasteiger partial charge in [0.1, 0.15) is 18.1 Å². The van der Waals surface area contributed by atoms with Gasteiger partial charge in [-0.1, -0.05) is 12.1 Å². The molecule has 1 amide bonds. The van der Waals surface area contributed by atoms with Crippen LogP contribution in [0, 0.1) is 0 Å². The highest BCUT2D eigenvalue weighted by Gasteiger charge is 2.20. The number of para-hydroxylation sites is 2. The summed E-state index contributed by atoms with van der Waals surface area (Å²) < 4.78 is 24.9. The SMILES string of the molecule is CCN(CCC(=O)O)C(=O)Cn1c(CS(C)(=O)=O)nc2ccccc21. The van der Waals surface area contributed by atoms with Gasteiger partial charge in [-0.2, -0.15) is 0 Å². The standard InChI is InChI=1S/C16H21N3O5S/c1-3-18(9-8-16(21)22)15(20)10-19-13-7-5-4-6-12(13)17-14(19)11-25(2,23)24/h4-7H,3,8-11H2,1-2H3,(H,21,22). The fraction of sp³-hybridized carbons (Fsp3) is 0.438. The zero-order valence-electron chi connectivity index (χ0n) is 14.2. The molecule has 0 fully saturated rings. The summed E-state index contributed by atoms with van der Waals surface area (Å²) in [6, 6.07) is 7.10. The second-order valence-electron chi connectivity index (χ2n) is 5.79. The van der Waals surface area contributed by atoms with E-state index in [1.165, 1.54) is 4.90 Å². The molecule has 0 unspecified atom stereocenters. The number of hydrogen-bond donors (Lipinski definition) is 1. The van der Waals surface area contributed by atoms with Crippen LogP contribution >= 0.6 is 0 Å². The first kappa shape index (κ1) is 18.9. The fourth-order valence-electron chi connectivity index (χ4n) is 2.57. The van der Waals surface area contributed by atoms with Crippen molar-refractivity contribution in [2.45, 2.75) is 25.6 Å². The molecule has 0 spiro atoms. The molecule has 0 radical (unpaired) electrons. The van der Waals surface area contributed by atoms with Crippen LogP contribution in [0.2, 0.25) is 0 Å². The van der Waals surface area contributed by atoms with E-state index < -0.39 is 15.8 Å². The topological polar surface area (TPSA) is 110 Å². The number of amides is 1. The molecule has 1 aromatic heterocycles. The number of fused-ring (bicyclic) bond motifs is 1. The van der Waals surface area contributed by atoms with Crippen LogP contribution in [0.4, 0.5) is 0 Å². The lowest BCUT2D eigenvalue weighted by molar-refractivity contribution is -0.138. The number of carboxylic acids is 1. The van der Waals surface area contributed by atoms with Crippen molar-refractivity contribution in [3.63, 3.8) is 0 Å². The number of imidazole rings is 1. The van der Waals surface area contributed by atoms with Gasteiger partial charge >= 0.3 is 5.97 Å². The maximum Gasteiger partial charge on any atom is 0.305 e. The molecule has 136 valence electrons. The van der Waals surface area contributed by atoms with E-state index in [4.69, 9.17) is 5.11 Å². The second-order valence-corrected chi connectivity index (χ2v) is 7.93. The maximum absolute atomic E-state index is 12.6. The van der Waals surface area contributed by atoms with Crippen LogP contribution in [0.5, 0.6) is 0 Å². The number of carbonyl (C=O) groups excluding carboxylic acids is 1. The molecule has 0 aliphatic rings. The normalized spacial score (nSPS) is 11.6. The number of nitrogens with zero attached hydrogens (tertiary/aromatic N) is 3. The highest BCUT2D eigenvalue weighted by Crippen LogP contribution is 2.18. The molecule has 0 aliphatic carbocycles. The lowest BCUT2D eigenvalue weighted by atomic mass is 10.3. The Morgan fingerprint density at radius 3 is 2.56 bits per heavy atom. The number of aliphatic carboxylic acids is 1. The molecule has 0 aliphatic heterocycles. The van der Waals surface area contributed by atoms with E-state index in [1.54, 1.807) is 35.8 Å². The van der Waals surface area contributed by atoms with Crippen molar-refractivity contribution < 1.29 is 23.1 Å². The zero-order valence-corrected chi connectivity index (χ0v) is 15.0. The van der Waals surface area contributed by atoms with Crippen LogP contribution in [-0.4, -0.2) is 59.2 Å². The van der Waals surface area contributed by atoms with E-state index in [9.17, 15) is 18.0 Å². The number of carbonyl (C=O) groups is 2. The van der Waals surface area contributed by atoms with Crippen LogP contribution < -0.4 is 0 Å². The van der Waals surface area contributed by atoms with Gasteiger partial charge in [-0.25, -0.2) is 13.4 Å². The molecule has 8 nitrogen and oxygen atoms in total. The third kappa shape index (κ3) is 5.02. The van der Waals surface area contributed by atoms with Gasteiger partial charge in [0.25, 0.3) is 0 Å². The summed E-state index contributed by atoms with van der Waals surface area (Å²) in [4.78, 5) is 29.0. The van der Waals surface area contributed by atoms with E-state index in [0.29, 0.717) is 23.4 Å². The third-order valence-corrected chi connectivity index (χ3v) is 4.53. The van der Waals surface area contributed by atoms with E-state index in [1.807, 2.05) is 0 Å². The average molecular weight is 367 g/mol. The van der Waals surface area contributed by atoms with Gasteiger partial charge in [0.2, 0.25) is 5.91 Å². The Labute approximate surface area is 146 Å². The minimum atomic E-state index is -3.32. The Kier molecular flexibility index (Phi) is 5.78. The number of rotatable bonds is 8. The summed E-state index contributed by atoms with van der Waals surface area (Å²) in [5.74, 6) is -1.22. The van der Waals surface area contributed by atoms with E-state index in [0.717, 1.165) is 6.26 Å². The molecule has 0 bridgehead atoms.